The summed E-state index contributed by atoms with van der Waals surface area (Å²) >= 11 is 5.90. The molecule has 196 valence electrons. The molecule has 4 aliphatic carbocycles. The number of carbonyl (C=O) groups excluding carboxylic acids is 3. The van der Waals surface area contributed by atoms with E-state index in [1.807, 2.05) is 24.3 Å². The van der Waals surface area contributed by atoms with Gasteiger partial charge in [-0.15, -0.1) is 0 Å². The van der Waals surface area contributed by atoms with E-state index in [1.165, 1.54) is 0 Å². The molecule has 4 saturated carbocycles. The molecular weight excluding hydrogens is 514 g/mol. The van der Waals surface area contributed by atoms with Crippen molar-refractivity contribution in [2.45, 2.75) is 37.6 Å². The Morgan fingerprint density at radius 1 is 0.949 bits per heavy atom. The summed E-state index contributed by atoms with van der Waals surface area (Å²) in [5, 5.41) is 6.72. The smallest absolute Gasteiger partial charge is 0.270 e. The molecule has 4 fully saturated rings. The number of rotatable bonds is 5. The number of ketones is 1. The first-order chi connectivity index (χ1) is 18.8. The molecule has 2 atom stereocenters. The fraction of sp³-hybridized carbons (Fsp3) is 0.300. The Labute approximate surface area is 229 Å². The van der Waals surface area contributed by atoms with Gasteiger partial charge in [-0.3, -0.25) is 14.4 Å². The van der Waals surface area contributed by atoms with Crippen molar-refractivity contribution in [1.29, 1.82) is 0 Å². The number of anilines is 1. The first-order valence-electron chi connectivity index (χ1n) is 13.2. The number of carbonyl (C=O) groups is 3. The first-order valence-corrected chi connectivity index (χ1v) is 13.6. The minimum absolute atomic E-state index is 0.0954. The summed E-state index contributed by atoms with van der Waals surface area (Å²) in [5.41, 5.74) is 3.40. The third-order valence-electron chi connectivity index (χ3n) is 8.50. The minimum Gasteiger partial charge on any atom is -0.345 e. The van der Waals surface area contributed by atoms with Crippen LogP contribution in [0.5, 0.6) is 0 Å². The number of Topliss-reactive ketones (excluding diaryl/α,β-unsaturated/α-hetero) is 1. The van der Waals surface area contributed by atoms with Crippen LogP contribution in [0, 0.1) is 17.8 Å². The van der Waals surface area contributed by atoms with Gasteiger partial charge >= 0.3 is 0 Å². The number of aromatic amines is 1. The van der Waals surface area contributed by atoms with Crippen molar-refractivity contribution >= 4 is 45.9 Å². The zero-order chi connectivity index (χ0) is 26.7. The third-order valence-corrected chi connectivity index (χ3v) is 8.75. The van der Waals surface area contributed by atoms with Gasteiger partial charge in [0, 0.05) is 39.2 Å². The maximum absolute atomic E-state index is 13.2. The summed E-state index contributed by atoms with van der Waals surface area (Å²) in [6, 6.07) is 15.8. The Balaban J connectivity index is 1.06. The average molecular weight is 540 g/mol. The van der Waals surface area contributed by atoms with Crippen molar-refractivity contribution in [3.63, 3.8) is 0 Å². The van der Waals surface area contributed by atoms with Crippen LogP contribution in [0.2, 0.25) is 5.02 Å². The van der Waals surface area contributed by atoms with E-state index < -0.39 is 0 Å². The quantitative estimate of drug-likeness (QED) is 0.313. The molecule has 0 spiro atoms. The zero-order valence-corrected chi connectivity index (χ0v) is 21.8. The van der Waals surface area contributed by atoms with Gasteiger partial charge in [-0.2, -0.15) is 0 Å². The maximum Gasteiger partial charge on any atom is 0.270 e. The number of amides is 2. The van der Waals surface area contributed by atoms with E-state index in [0.29, 0.717) is 45.0 Å². The molecule has 0 aliphatic heterocycles. The Morgan fingerprint density at radius 2 is 1.67 bits per heavy atom. The van der Waals surface area contributed by atoms with Gasteiger partial charge in [-0.25, -0.2) is 9.97 Å². The molecule has 9 heteroatoms. The van der Waals surface area contributed by atoms with Gasteiger partial charge in [0.25, 0.3) is 11.8 Å². The number of pyridine rings is 1. The van der Waals surface area contributed by atoms with Crippen LogP contribution in [0.1, 0.15) is 53.0 Å². The van der Waals surface area contributed by atoms with Gasteiger partial charge in [0.2, 0.25) is 0 Å². The largest absolute Gasteiger partial charge is 0.345 e. The maximum atomic E-state index is 13.2. The van der Waals surface area contributed by atoms with E-state index in [-0.39, 0.29) is 29.2 Å². The number of fused-ring (bicyclic) bond motifs is 1. The van der Waals surface area contributed by atoms with Crippen molar-refractivity contribution in [1.82, 2.24) is 20.3 Å². The lowest BCUT2D eigenvalue weighted by Gasteiger charge is -2.55. The summed E-state index contributed by atoms with van der Waals surface area (Å²) in [5.74, 6) is 1.32. The highest BCUT2D eigenvalue weighted by atomic mass is 35.5. The number of H-pyrrole nitrogens is 1. The number of hydrogen-bond acceptors (Lipinski definition) is 5. The molecule has 2 aromatic carbocycles. The monoisotopic (exact) mass is 539 g/mol. The molecule has 2 unspecified atom stereocenters. The molecule has 8 rings (SSSR count). The van der Waals surface area contributed by atoms with E-state index in [4.69, 9.17) is 11.6 Å². The second kappa shape index (κ2) is 9.02. The van der Waals surface area contributed by atoms with Gasteiger partial charge in [0.05, 0.1) is 17.2 Å². The summed E-state index contributed by atoms with van der Waals surface area (Å²) < 4.78 is 0. The van der Waals surface area contributed by atoms with Crippen LogP contribution in [0.3, 0.4) is 0 Å². The number of halogens is 1. The Kier molecular flexibility index (Phi) is 5.56. The van der Waals surface area contributed by atoms with Crippen LogP contribution in [-0.4, -0.2) is 38.1 Å². The lowest BCUT2D eigenvalue weighted by atomic mass is 9.52. The van der Waals surface area contributed by atoms with Crippen molar-refractivity contribution < 1.29 is 14.4 Å². The highest BCUT2D eigenvalue weighted by molar-refractivity contribution is 6.30. The Morgan fingerprint density at radius 3 is 2.38 bits per heavy atom. The predicted octanol–water partition coefficient (Wildman–Crippen LogP) is 5.41. The van der Waals surface area contributed by atoms with Crippen molar-refractivity contribution in [3.05, 3.63) is 77.1 Å². The van der Waals surface area contributed by atoms with Crippen LogP contribution in [-0.2, 0) is 4.79 Å². The second-order valence-electron chi connectivity index (χ2n) is 11.2. The molecule has 0 saturated heterocycles. The SMILES string of the molecule is O=C(Nc1ccc(-c2nc3cc(C(=O)NC45CC6CC(C4)C(=O)C(C6)C5)ncc3[nH]2)cc1)c1ccc(Cl)cc1. The molecule has 4 bridgehead atoms. The van der Waals surface area contributed by atoms with Crippen LogP contribution in [0.4, 0.5) is 5.69 Å². The molecular formula is C30H26ClN5O3. The highest BCUT2D eigenvalue weighted by Gasteiger charge is 2.55. The molecule has 39 heavy (non-hydrogen) atoms. The van der Waals surface area contributed by atoms with Crippen molar-refractivity contribution in [2.75, 3.05) is 5.32 Å². The van der Waals surface area contributed by atoms with Gasteiger partial charge in [0.15, 0.2) is 0 Å². The summed E-state index contributed by atoms with van der Waals surface area (Å²) in [6.45, 7) is 0. The number of imidazole rings is 1. The van der Waals surface area contributed by atoms with Crippen LogP contribution >= 0.6 is 11.6 Å². The normalized spacial score (nSPS) is 25.2. The van der Waals surface area contributed by atoms with E-state index in [2.05, 4.69) is 25.6 Å². The predicted molar refractivity (Wildman–Crippen MR) is 147 cm³/mol. The summed E-state index contributed by atoms with van der Waals surface area (Å²) in [7, 11) is 0. The minimum atomic E-state index is -0.292. The first kappa shape index (κ1) is 24.0. The number of nitrogens with zero attached hydrogens (tertiary/aromatic N) is 2. The lowest BCUT2D eigenvalue weighted by molar-refractivity contribution is -0.142. The second-order valence-corrected chi connectivity index (χ2v) is 11.6. The molecule has 3 N–H and O–H groups in total. The van der Waals surface area contributed by atoms with Crippen LogP contribution < -0.4 is 10.6 Å². The van der Waals surface area contributed by atoms with Gasteiger partial charge in [-0.05, 0) is 92.6 Å². The molecule has 4 aliphatic rings. The van der Waals surface area contributed by atoms with Crippen LogP contribution in [0.25, 0.3) is 22.4 Å². The Bertz CT molecular complexity index is 1610. The van der Waals surface area contributed by atoms with Crippen molar-refractivity contribution in [2.24, 2.45) is 17.8 Å². The average Bonchev–Trinajstić information content (AvgIpc) is 3.35. The molecule has 2 aromatic heterocycles. The molecule has 0 radical (unpaired) electrons. The number of benzene rings is 2. The topological polar surface area (TPSA) is 117 Å². The van der Waals surface area contributed by atoms with Gasteiger partial charge in [0.1, 0.15) is 17.3 Å². The van der Waals surface area contributed by atoms with E-state index in [9.17, 15) is 14.4 Å². The van der Waals surface area contributed by atoms with E-state index in [0.717, 1.165) is 43.2 Å². The summed E-state index contributed by atoms with van der Waals surface area (Å²) in [6.07, 6.45) is 6.02. The number of aromatic nitrogens is 3. The molecule has 2 amide bonds. The van der Waals surface area contributed by atoms with Gasteiger partial charge < -0.3 is 15.6 Å². The van der Waals surface area contributed by atoms with Crippen LogP contribution in [0.15, 0.2) is 60.8 Å². The van der Waals surface area contributed by atoms with Crippen molar-refractivity contribution in [3.8, 4) is 11.4 Å². The third kappa shape index (κ3) is 4.38. The number of hydrogen-bond donors (Lipinski definition) is 3. The standard InChI is InChI=1S/C30H26ClN5O3/c31-21-5-1-18(2-6-21)28(38)33-22-7-3-17(4-8-22)27-34-23-11-24(32-15-25(23)35-27)29(39)36-30-12-16-9-19(13-30)26(37)20(10-16)14-30/h1-8,11,15-16,19-20H,9-10,12-14H2,(H,33,38)(H,34,35)(H,36,39). The highest BCUT2D eigenvalue weighted by Crippen LogP contribution is 2.54. The molecule has 2 heterocycles. The van der Waals surface area contributed by atoms with E-state index >= 15 is 0 Å². The lowest BCUT2D eigenvalue weighted by Crippen LogP contribution is -2.62. The molecule has 4 aromatic rings. The fourth-order valence-electron chi connectivity index (χ4n) is 6.89. The Hall–Kier alpha value is -4.04. The zero-order valence-electron chi connectivity index (χ0n) is 21.0. The summed E-state index contributed by atoms with van der Waals surface area (Å²) in [4.78, 5) is 50.6. The molecule has 8 nitrogen and oxygen atoms in total. The fourth-order valence-corrected chi connectivity index (χ4v) is 7.02. The van der Waals surface area contributed by atoms with E-state index in [1.54, 1.807) is 36.5 Å². The number of nitrogens with one attached hydrogen (secondary N) is 3. The van der Waals surface area contributed by atoms with Gasteiger partial charge in [-0.1, -0.05) is 11.6 Å².